The topological polar surface area (TPSA) is 73.8 Å². The van der Waals surface area contributed by atoms with Crippen LogP contribution < -0.4 is 0 Å². The summed E-state index contributed by atoms with van der Waals surface area (Å²) < 4.78 is 26.3. The number of pyridine rings is 1. The Hall–Kier alpha value is -1.51. The van der Waals surface area contributed by atoms with Gasteiger partial charge in [0.25, 0.3) is 0 Å². The summed E-state index contributed by atoms with van der Waals surface area (Å²) in [7, 11) is -3.31. The first kappa shape index (κ1) is 19.8. The number of nitrogens with zero attached hydrogens (tertiary/aromatic N) is 4. The van der Waals surface area contributed by atoms with Gasteiger partial charge in [-0.1, -0.05) is 6.07 Å². The maximum absolute atomic E-state index is 13.4. The molecule has 2 spiro atoms. The Kier molecular flexibility index (Phi) is 5.00. The Morgan fingerprint density at radius 2 is 1.86 bits per heavy atom. The predicted octanol–water partition coefficient (Wildman–Crippen LogP) is 1.18. The van der Waals surface area contributed by atoms with Gasteiger partial charge in [0.2, 0.25) is 15.9 Å². The summed E-state index contributed by atoms with van der Waals surface area (Å²) in [5, 5.41) is 0. The van der Waals surface area contributed by atoms with Crippen molar-refractivity contribution in [1.29, 1.82) is 0 Å². The normalized spacial score (nSPS) is 28.6. The molecule has 0 N–H and O–H groups in total. The monoisotopic (exact) mass is 406 g/mol. The van der Waals surface area contributed by atoms with Crippen molar-refractivity contribution in [3.63, 3.8) is 0 Å². The lowest BCUT2D eigenvalue weighted by molar-refractivity contribution is -0.142. The number of hydrogen-bond acceptors (Lipinski definition) is 5. The summed E-state index contributed by atoms with van der Waals surface area (Å²) >= 11 is 0. The fourth-order valence-corrected chi connectivity index (χ4v) is 6.46. The zero-order valence-corrected chi connectivity index (χ0v) is 17.6. The van der Waals surface area contributed by atoms with Crippen molar-refractivity contribution in [2.75, 3.05) is 45.5 Å². The Morgan fingerprint density at radius 3 is 2.43 bits per heavy atom. The molecule has 0 saturated carbocycles. The van der Waals surface area contributed by atoms with E-state index in [1.807, 2.05) is 36.2 Å². The van der Waals surface area contributed by atoms with Gasteiger partial charge in [0, 0.05) is 44.3 Å². The third-order valence-electron chi connectivity index (χ3n) is 7.22. The molecule has 28 heavy (non-hydrogen) atoms. The standard InChI is InChI=1S/C20H30N4O3S/c1-3-23-13-9-20(18(23)25)16-24(28(2,26)27)15-19(20)7-11-22(12-8-19)14-17-6-4-5-10-21-17/h4-6,10H,3,7-9,11-16H2,1-2H3/t20-/m1/s1. The SMILES string of the molecule is CCN1CC[C@@]2(CN(S(C)(=O)=O)CC23CCN(Cc2ccccn2)CC3)C1=O. The van der Waals surface area contributed by atoms with E-state index in [4.69, 9.17) is 0 Å². The van der Waals surface area contributed by atoms with Gasteiger partial charge in [-0.05, 0) is 51.4 Å². The third kappa shape index (κ3) is 3.15. The molecule has 0 unspecified atom stereocenters. The molecule has 3 fully saturated rings. The number of fused-ring (bicyclic) bond motifs is 1. The summed E-state index contributed by atoms with van der Waals surface area (Å²) in [5.74, 6) is 0.166. The van der Waals surface area contributed by atoms with Crippen molar-refractivity contribution in [2.45, 2.75) is 32.7 Å². The first-order valence-electron chi connectivity index (χ1n) is 10.2. The van der Waals surface area contributed by atoms with E-state index in [0.29, 0.717) is 19.6 Å². The van der Waals surface area contributed by atoms with E-state index in [2.05, 4.69) is 9.88 Å². The molecule has 3 saturated heterocycles. The minimum Gasteiger partial charge on any atom is -0.342 e. The van der Waals surface area contributed by atoms with Crippen LogP contribution in [0.3, 0.4) is 0 Å². The van der Waals surface area contributed by atoms with Gasteiger partial charge in [-0.15, -0.1) is 0 Å². The number of amides is 1. The van der Waals surface area contributed by atoms with Crippen LogP contribution in [0.25, 0.3) is 0 Å². The molecule has 0 bridgehead atoms. The summed E-state index contributed by atoms with van der Waals surface area (Å²) in [6.45, 7) is 6.81. The molecular weight excluding hydrogens is 376 g/mol. The minimum absolute atomic E-state index is 0.166. The molecule has 1 aromatic rings. The Bertz CT molecular complexity index is 836. The highest BCUT2D eigenvalue weighted by molar-refractivity contribution is 7.88. The quantitative estimate of drug-likeness (QED) is 0.751. The van der Waals surface area contributed by atoms with Crippen LogP contribution in [0.5, 0.6) is 0 Å². The predicted molar refractivity (Wildman–Crippen MR) is 107 cm³/mol. The van der Waals surface area contributed by atoms with Crippen LogP contribution in [0.4, 0.5) is 0 Å². The molecule has 1 aromatic heterocycles. The molecule has 0 aromatic carbocycles. The van der Waals surface area contributed by atoms with E-state index >= 15 is 0 Å². The number of piperidine rings is 1. The molecule has 4 rings (SSSR count). The smallest absolute Gasteiger partial charge is 0.230 e. The molecule has 3 aliphatic rings. The van der Waals surface area contributed by atoms with E-state index < -0.39 is 15.4 Å². The average molecular weight is 407 g/mol. The van der Waals surface area contributed by atoms with Gasteiger partial charge in [0.15, 0.2) is 0 Å². The summed E-state index contributed by atoms with van der Waals surface area (Å²) in [4.78, 5) is 22.1. The van der Waals surface area contributed by atoms with Gasteiger partial charge in [-0.2, -0.15) is 0 Å². The van der Waals surface area contributed by atoms with Gasteiger partial charge in [-0.25, -0.2) is 12.7 Å². The van der Waals surface area contributed by atoms with Crippen molar-refractivity contribution in [1.82, 2.24) is 19.1 Å². The Balaban J connectivity index is 1.57. The number of carbonyl (C=O) groups excluding carboxylic acids is 1. The fraction of sp³-hybridized carbons (Fsp3) is 0.700. The largest absolute Gasteiger partial charge is 0.342 e. The summed E-state index contributed by atoms with van der Waals surface area (Å²) in [6.07, 6.45) is 5.57. The van der Waals surface area contributed by atoms with Crippen molar-refractivity contribution < 1.29 is 13.2 Å². The lowest BCUT2D eigenvalue weighted by Crippen LogP contribution is -2.52. The second kappa shape index (κ2) is 7.07. The van der Waals surface area contributed by atoms with E-state index in [0.717, 1.165) is 51.1 Å². The van der Waals surface area contributed by atoms with Crippen LogP contribution in [-0.4, -0.2) is 78.9 Å². The van der Waals surface area contributed by atoms with Crippen LogP contribution in [0.2, 0.25) is 0 Å². The van der Waals surface area contributed by atoms with Gasteiger partial charge in [0.05, 0.1) is 17.4 Å². The van der Waals surface area contributed by atoms with Gasteiger partial charge >= 0.3 is 0 Å². The maximum Gasteiger partial charge on any atom is 0.230 e. The molecule has 0 radical (unpaired) electrons. The van der Waals surface area contributed by atoms with Crippen LogP contribution >= 0.6 is 0 Å². The highest BCUT2D eigenvalue weighted by atomic mass is 32.2. The molecular formula is C20H30N4O3S. The number of hydrogen-bond donors (Lipinski definition) is 0. The van der Waals surface area contributed by atoms with Gasteiger partial charge in [-0.3, -0.25) is 14.7 Å². The van der Waals surface area contributed by atoms with Crippen LogP contribution in [0.1, 0.15) is 31.9 Å². The van der Waals surface area contributed by atoms with Crippen molar-refractivity contribution >= 4 is 15.9 Å². The van der Waals surface area contributed by atoms with E-state index in [9.17, 15) is 13.2 Å². The average Bonchev–Trinajstić information content (AvgIpc) is 3.17. The first-order valence-corrected chi connectivity index (χ1v) is 12.0. The molecule has 7 nitrogen and oxygen atoms in total. The summed E-state index contributed by atoms with van der Waals surface area (Å²) in [5.41, 5.74) is 0.243. The number of rotatable bonds is 4. The number of carbonyl (C=O) groups is 1. The molecule has 1 atom stereocenters. The Morgan fingerprint density at radius 1 is 1.11 bits per heavy atom. The van der Waals surface area contributed by atoms with E-state index in [1.54, 1.807) is 4.31 Å². The number of aromatic nitrogens is 1. The second-order valence-electron chi connectivity index (χ2n) is 8.63. The minimum atomic E-state index is -3.31. The lowest BCUT2D eigenvalue weighted by Gasteiger charge is -2.47. The van der Waals surface area contributed by atoms with Crippen molar-refractivity contribution in [3.8, 4) is 0 Å². The summed E-state index contributed by atoms with van der Waals surface area (Å²) in [6, 6.07) is 5.95. The van der Waals surface area contributed by atoms with E-state index in [1.165, 1.54) is 6.26 Å². The highest BCUT2D eigenvalue weighted by Gasteiger charge is 2.66. The van der Waals surface area contributed by atoms with Crippen molar-refractivity contribution in [2.24, 2.45) is 10.8 Å². The first-order chi connectivity index (χ1) is 13.3. The highest BCUT2D eigenvalue weighted by Crippen LogP contribution is 2.58. The molecule has 154 valence electrons. The molecule has 8 heteroatoms. The second-order valence-corrected chi connectivity index (χ2v) is 10.6. The third-order valence-corrected chi connectivity index (χ3v) is 8.42. The maximum atomic E-state index is 13.4. The van der Waals surface area contributed by atoms with E-state index in [-0.39, 0.29) is 11.3 Å². The molecule has 4 heterocycles. The number of sulfonamides is 1. The van der Waals surface area contributed by atoms with Gasteiger partial charge in [0.1, 0.15) is 0 Å². The lowest BCUT2D eigenvalue weighted by atomic mass is 9.60. The van der Waals surface area contributed by atoms with Crippen LogP contribution in [0.15, 0.2) is 24.4 Å². The van der Waals surface area contributed by atoms with Crippen LogP contribution in [-0.2, 0) is 21.4 Å². The van der Waals surface area contributed by atoms with Gasteiger partial charge < -0.3 is 4.90 Å². The molecule has 1 amide bonds. The molecule has 3 aliphatic heterocycles. The van der Waals surface area contributed by atoms with Crippen LogP contribution in [0, 0.1) is 10.8 Å². The number of likely N-dealkylation sites (tertiary alicyclic amines) is 2. The fourth-order valence-electron chi connectivity index (χ4n) is 5.52. The zero-order valence-electron chi connectivity index (χ0n) is 16.8. The van der Waals surface area contributed by atoms with Crippen molar-refractivity contribution in [3.05, 3.63) is 30.1 Å². The molecule has 0 aliphatic carbocycles. The Labute approximate surface area is 167 Å². The zero-order chi connectivity index (χ0) is 20.0.